The molecule has 278 valence electrons. The number of fused-ring (bicyclic) bond motifs is 11. The van der Waals surface area contributed by atoms with Gasteiger partial charge in [-0.15, -0.1) is 0 Å². The molecule has 0 amide bonds. The Morgan fingerprint density at radius 2 is 0.650 bits per heavy atom. The van der Waals surface area contributed by atoms with Crippen LogP contribution in [0.5, 0.6) is 0 Å². The summed E-state index contributed by atoms with van der Waals surface area (Å²) >= 11 is 0. The van der Waals surface area contributed by atoms with Gasteiger partial charge in [-0.25, -0.2) is 0 Å². The average molecular weight is 763 g/mol. The lowest BCUT2D eigenvalue weighted by molar-refractivity contribution is 0.656. The van der Waals surface area contributed by atoms with Crippen LogP contribution in [0.25, 0.3) is 131 Å². The second kappa shape index (κ2) is 12.8. The number of hydrogen-bond donors (Lipinski definition) is 0. The summed E-state index contributed by atoms with van der Waals surface area (Å²) < 4.78 is 12.8. The van der Waals surface area contributed by atoms with Gasteiger partial charge in [-0.1, -0.05) is 140 Å². The highest BCUT2D eigenvalue weighted by Crippen LogP contribution is 2.41. The van der Waals surface area contributed by atoms with Gasteiger partial charge in [0.05, 0.1) is 0 Å². The van der Waals surface area contributed by atoms with Gasteiger partial charge in [0.25, 0.3) is 0 Å². The van der Waals surface area contributed by atoms with Crippen LogP contribution in [0, 0.1) is 0 Å². The molecule has 13 rings (SSSR count). The van der Waals surface area contributed by atoms with Crippen molar-refractivity contribution in [3.63, 3.8) is 0 Å². The Balaban J connectivity index is 0.856. The summed E-state index contributed by atoms with van der Waals surface area (Å²) in [5, 5.41) is 14.4. The largest absolute Gasteiger partial charge is 0.456 e. The summed E-state index contributed by atoms with van der Waals surface area (Å²) in [4.78, 5) is 0. The Morgan fingerprint density at radius 3 is 1.30 bits per heavy atom. The van der Waals surface area contributed by atoms with E-state index >= 15 is 0 Å². The van der Waals surface area contributed by atoms with Crippen molar-refractivity contribution in [2.75, 3.05) is 0 Å². The highest BCUT2D eigenvalue weighted by Gasteiger charge is 2.16. The monoisotopic (exact) mass is 762 g/mol. The first-order chi connectivity index (χ1) is 29.7. The van der Waals surface area contributed by atoms with Gasteiger partial charge in [-0.3, -0.25) is 0 Å². The molecule has 0 fully saturated rings. The van der Waals surface area contributed by atoms with E-state index in [2.05, 4.69) is 200 Å². The minimum Gasteiger partial charge on any atom is -0.456 e. The molecule has 0 saturated carbocycles. The van der Waals surface area contributed by atoms with E-state index in [-0.39, 0.29) is 0 Å². The van der Waals surface area contributed by atoms with Crippen molar-refractivity contribution < 1.29 is 8.83 Å². The number of furan rings is 2. The van der Waals surface area contributed by atoms with Crippen LogP contribution in [0.4, 0.5) is 0 Å². The quantitative estimate of drug-likeness (QED) is 0.167. The molecule has 2 nitrogen and oxygen atoms in total. The molecule has 2 aromatic heterocycles. The lowest BCUT2D eigenvalue weighted by atomic mass is 9.91. The number of hydrogen-bond acceptors (Lipinski definition) is 2. The van der Waals surface area contributed by atoms with Crippen molar-refractivity contribution in [3.05, 3.63) is 206 Å². The van der Waals surface area contributed by atoms with Crippen LogP contribution < -0.4 is 0 Å². The van der Waals surface area contributed by atoms with Gasteiger partial charge in [-0.2, -0.15) is 0 Å². The molecule has 0 spiro atoms. The van der Waals surface area contributed by atoms with Crippen LogP contribution in [-0.4, -0.2) is 0 Å². The number of benzene rings is 11. The maximum absolute atomic E-state index is 6.42. The standard InChI is InChI=1S/C58H34O2/c1-2-9-36-26-41(17-16-35(36)8-1)43-22-24-55-51(30-43)53-33-54-52-31-44(23-25-56(52)60-58(54)34-57(53)59-55)42-21-20-39-27-38(18-19-40(39)28-42)37-11-7-12-45(29-37)50-32-46-10-3-4-13-47(46)48-14-5-6-15-49(48)50/h1-34H. The van der Waals surface area contributed by atoms with E-state index in [0.29, 0.717) is 0 Å². The normalized spacial score (nSPS) is 12.0. The van der Waals surface area contributed by atoms with Gasteiger partial charge >= 0.3 is 0 Å². The van der Waals surface area contributed by atoms with E-state index < -0.39 is 0 Å². The van der Waals surface area contributed by atoms with Gasteiger partial charge in [-0.05, 0) is 148 Å². The summed E-state index contributed by atoms with van der Waals surface area (Å²) in [7, 11) is 0. The third kappa shape index (κ3) is 5.21. The molecule has 0 N–H and O–H groups in total. The van der Waals surface area contributed by atoms with E-state index in [1.54, 1.807) is 0 Å². The molecule has 0 unspecified atom stereocenters. The van der Waals surface area contributed by atoms with Crippen molar-refractivity contribution in [2.45, 2.75) is 0 Å². The maximum atomic E-state index is 6.42. The van der Waals surface area contributed by atoms with Crippen molar-refractivity contribution in [1.29, 1.82) is 0 Å². The molecule has 0 aliphatic rings. The van der Waals surface area contributed by atoms with Gasteiger partial charge in [0.1, 0.15) is 22.3 Å². The van der Waals surface area contributed by atoms with Gasteiger partial charge in [0.15, 0.2) is 0 Å². The zero-order valence-electron chi connectivity index (χ0n) is 32.4. The Labute approximate surface area is 345 Å². The van der Waals surface area contributed by atoms with Crippen LogP contribution in [0.1, 0.15) is 0 Å². The molecule has 0 atom stereocenters. The molecule has 11 aromatic carbocycles. The Kier molecular flexibility index (Phi) is 7.05. The second-order valence-corrected chi connectivity index (χ2v) is 16.1. The van der Waals surface area contributed by atoms with Crippen molar-refractivity contribution in [1.82, 2.24) is 0 Å². The third-order valence-electron chi connectivity index (χ3n) is 12.6. The summed E-state index contributed by atoms with van der Waals surface area (Å²) in [5.74, 6) is 0. The van der Waals surface area contributed by atoms with E-state index in [1.807, 2.05) is 6.07 Å². The first kappa shape index (κ1) is 33.1. The van der Waals surface area contributed by atoms with Crippen LogP contribution >= 0.6 is 0 Å². The minimum atomic E-state index is 0.826. The van der Waals surface area contributed by atoms with Crippen LogP contribution in [0.2, 0.25) is 0 Å². The van der Waals surface area contributed by atoms with Gasteiger partial charge in [0.2, 0.25) is 0 Å². The van der Waals surface area contributed by atoms with Gasteiger partial charge in [0, 0.05) is 27.6 Å². The average Bonchev–Trinajstić information content (AvgIpc) is 3.86. The van der Waals surface area contributed by atoms with E-state index in [0.717, 1.165) is 49.4 Å². The van der Waals surface area contributed by atoms with Gasteiger partial charge < -0.3 is 8.83 Å². The molecule has 2 heterocycles. The fourth-order valence-corrected chi connectivity index (χ4v) is 9.54. The molecule has 0 saturated heterocycles. The van der Waals surface area contributed by atoms with Crippen molar-refractivity contribution >= 4 is 87.0 Å². The molecule has 0 aliphatic heterocycles. The van der Waals surface area contributed by atoms with Crippen LogP contribution in [0.3, 0.4) is 0 Å². The molecule has 0 bridgehead atoms. The lowest BCUT2D eigenvalue weighted by Gasteiger charge is -2.13. The molecule has 0 aliphatic carbocycles. The first-order valence-corrected chi connectivity index (χ1v) is 20.5. The van der Waals surface area contributed by atoms with Crippen LogP contribution in [-0.2, 0) is 0 Å². The zero-order chi connectivity index (χ0) is 39.3. The summed E-state index contributed by atoms with van der Waals surface area (Å²) in [6.45, 7) is 0. The van der Waals surface area contributed by atoms with Crippen molar-refractivity contribution in [3.8, 4) is 44.5 Å². The SMILES string of the molecule is c1cc(-c2ccc3cc(-c4ccc5oc6cc7oc8ccc(-c9ccc%10ccccc%10c9)cc8c7cc6c5c4)ccc3c2)cc(-c2cc3ccccc3c3ccccc23)c1. The molecule has 60 heavy (non-hydrogen) atoms. The number of rotatable bonds is 4. The summed E-state index contributed by atoms with van der Waals surface area (Å²) in [6.07, 6.45) is 0. The van der Waals surface area contributed by atoms with E-state index in [1.165, 1.54) is 82.0 Å². The molecule has 0 radical (unpaired) electrons. The maximum Gasteiger partial charge on any atom is 0.139 e. The van der Waals surface area contributed by atoms with E-state index in [9.17, 15) is 0 Å². The Bertz CT molecular complexity index is 3900. The predicted octanol–water partition coefficient (Wildman–Crippen LogP) is 16.8. The Morgan fingerprint density at radius 1 is 0.200 bits per heavy atom. The van der Waals surface area contributed by atoms with Crippen molar-refractivity contribution in [2.24, 2.45) is 0 Å². The highest BCUT2D eigenvalue weighted by molar-refractivity contribution is 6.17. The predicted molar refractivity (Wildman–Crippen MR) is 253 cm³/mol. The minimum absolute atomic E-state index is 0.826. The summed E-state index contributed by atoms with van der Waals surface area (Å²) in [6, 6.07) is 74.8. The molecular formula is C58H34O2. The highest BCUT2D eigenvalue weighted by atomic mass is 16.3. The lowest BCUT2D eigenvalue weighted by Crippen LogP contribution is -1.86. The zero-order valence-corrected chi connectivity index (χ0v) is 32.4. The molecule has 2 heteroatoms. The fourth-order valence-electron chi connectivity index (χ4n) is 9.54. The summed E-state index contributed by atoms with van der Waals surface area (Å²) in [5.41, 5.74) is 13.0. The second-order valence-electron chi connectivity index (χ2n) is 16.1. The Hall–Kier alpha value is -7.94. The fraction of sp³-hybridized carbons (Fsp3) is 0. The smallest absolute Gasteiger partial charge is 0.139 e. The topological polar surface area (TPSA) is 26.3 Å². The molecule has 13 aromatic rings. The first-order valence-electron chi connectivity index (χ1n) is 20.5. The van der Waals surface area contributed by atoms with Crippen LogP contribution in [0.15, 0.2) is 215 Å². The molecular weight excluding hydrogens is 729 g/mol. The third-order valence-corrected chi connectivity index (χ3v) is 12.6. The van der Waals surface area contributed by atoms with E-state index in [4.69, 9.17) is 8.83 Å².